The lowest BCUT2D eigenvalue weighted by atomic mass is 10.5. The third kappa shape index (κ3) is 1.10. The van der Waals surface area contributed by atoms with Crippen molar-refractivity contribution in [1.82, 2.24) is 0 Å². The molecule has 1 rings (SSSR count). The van der Waals surface area contributed by atoms with Gasteiger partial charge in [-0.2, -0.15) is 0 Å². The number of hydrogen-bond acceptors (Lipinski definition) is 2. The van der Waals surface area contributed by atoms with Crippen LogP contribution >= 0.6 is 22.6 Å². The van der Waals surface area contributed by atoms with Gasteiger partial charge in [0.1, 0.15) is 0 Å². The standard InChI is InChI=1S/C4H6INO2/c5-2-3-1-4(3)6(7)8/h3-4H,1-2H2/t3-,4+/m1/s1/i2D2. The van der Waals surface area contributed by atoms with E-state index in [0.29, 0.717) is 6.42 Å². The highest BCUT2D eigenvalue weighted by molar-refractivity contribution is 14.1. The average Bonchev–Trinajstić information content (AvgIpc) is 2.35. The van der Waals surface area contributed by atoms with E-state index in [1.807, 2.05) is 0 Å². The SMILES string of the molecule is [2H]C([2H])(I)[C@H]1C[C@@H]1[N+](=O)[O-]. The molecule has 3 nitrogen and oxygen atoms in total. The van der Waals surface area contributed by atoms with Crippen molar-refractivity contribution in [2.24, 2.45) is 5.92 Å². The van der Waals surface area contributed by atoms with Gasteiger partial charge in [0, 0.05) is 24.4 Å². The van der Waals surface area contributed by atoms with Crippen molar-refractivity contribution in [3.05, 3.63) is 10.1 Å². The van der Waals surface area contributed by atoms with Crippen molar-refractivity contribution in [2.45, 2.75) is 12.5 Å². The molecule has 0 amide bonds. The smallest absolute Gasteiger partial charge is 0.217 e. The number of hydrogen-bond donors (Lipinski definition) is 0. The van der Waals surface area contributed by atoms with Gasteiger partial charge in [0.15, 0.2) is 0 Å². The second-order valence-corrected chi connectivity index (χ2v) is 2.43. The Hall–Kier alpha value is 0.130. The molecular weight excluding hydrogens is 221 g/mol. The van der Waals surface area contributed by atoms with E-state index in [2.05, 4.69) is 0 Å². The largest absolute Gasteiger partial charge is 0.264 e. The van der Waals surface area contributed by atoms with Crippen LogP contribution in [0.3, 0.4) is 0 Å². The minimum atomic E-state index is -1.41. The molecule has 0 bridgehead atoms. The lowest BCUT2D eigenvalue weighted by molar-refractivity contribution is -0.497. The zero-order valence-electron chi connectivity index (χ0n) is 6.00. The van der Waals surface area contributed by atoms with Gasteiger partial charge in [-0.3, -0.25) is 10.1 Å². The fourth-order valence-corrected chi connectivity index (χ4v) is 1.20. The Morgan fingerprint density at radius 1 is 2.12 bits per heavy atom. The molecule has 0 spiro atoms. The molecule has 0 radical (unpaired) electrons. The number of rotatable bonds is 2. The molecule has 46 valence electrons. The van der Waals surface area contributed by atoms with E-state index in [4.69, 9.17) is 2.74 Å². The molecule has 0 N–H and O–H groups in total. The van der Waals surface area contributed by atoms with E-state index >= 15 is 0 Å². The monoisotopic (exact) mass is 229 g/mol. The first-order valence-corrected chi connectivity index (χ1v) is 3.33. The topological polar surface area (TPSA) is 43.1 Å². The third-order valence-corrected chi connectivity index (χ3v) is 1.97. The van der Waals surface area contributed by atoms with Crippen LogP contribution in [-0.4, -0.2) is 15.3 Å². The van der Waals surface area contributed by atoms with Gasteiger partial charge in [0.2, 0.25) is 6.04 Å². The van der Waals surface area contributed by atoms with Crippen LogP contribution in [-0.2, 0) is 0 Å². The molecule has 8 heavy (non-hydrogen) atoms. The molecule has 1 saturated carbocycles. The molecule has 0 aliphatic heterocycles. The number of alkyl halides is 1. The summed E-state index contributed by atoms with van der Waals surface area (Å²) >= 11 is 1.61. The van der Waals surface area contributed by atoms with E-state index in [1.165, 1.54) is 0 Å². The molecule has 0 aromatic heterocycles. The van der Waals surface area contributed by atoms with Crippen LogP contribution in [0.25, 0.3) is 0 Å². The van der Waals surface area contributed by atoms with Crippen molar-refractivity contribution in [1.29, 1.82) is 0 Å². The molecule has 0 heterocycles. The molecule has 1 fully saturated rings. The first-order valence-electron chi connectivity index (χ1n) is 3.25. The van der Waals surface area contributed by atoms with Crippen LogP contribution in [0.1, 0.15) is 9.16 Å². The van der Waals surface area contributed by atoms with Gasteiger partial charge in [-0.05, 0) is 0 Å². The second kappa shape index (κ2) is 2.16. The van der Waals surface area contributed by atoms with E-state index in [9.17, 15) is 10.1 Å². The predicted octanol–water partition coefficient (Wildman–Crippen LogP) is 1.09. The van der Waals surface area contributed by atoms with Crippen molar-refractivity contribution in [2.75, 3.05) is 4.38 Å². The van der Waals surface area contributed by atoms with Crippen molar-refractivity contribution < 1.29 is 7.66 Å². The molecule has 0 aromatic carbocycles. The van der Waals surface area contributed by atoms with Crippen LogP contribution in [0.15, 0.2) is 0 Å². The molecule has 1 aliphatic rings. The van der Waals surface area contributed by atoms with Crippen molar-refractivity contribution in [3.8, 4) is 0 Å². The maximum atomic E-state index is 10.1. The summed E-state index contributed by atoms with van der Waals surface area (Å²) < 4.78 is 12.8. The Balaban J connectivity index is 2.46. The van der Waals surface area contributed by atoms with Gasteiger partial charge in [-0.25, -0.2) is 0 Å². The summed E-state index contributed by atoms with van der Waals surface area (Å²) in [5.41, 5.74) is 0. The number of halogens is 1. The first kappa shape index (κ1) is 4.03. The molecular formula is C4H6INO2. The predicted molar refractivity (Wildman–Crippen MR) is 37.8 cm³/mol. The van der Waals surface area contributed by atoms with E-state index in [-0.39, 0.29) is 5.92 Å². The Labute approximate surface area is 63.6 Å². The molecule has 0 unspecified atom stereocenters. The zero-order valence-corrected chi connectivity index (χ0v) is 6.16. The summed E-state index contributed by atoms with van der Waals surface area (Å²) in [4.78, 5) is 9.65. The summed E-state index contributed by atoms with van der Waals surface area (Å²) in [5, 5.41) is 10.1. The van der Waals surface area contributed by atoms with Crippen LogP contribution in [0, 0.1) is 16.0 Å². The molecule has 2 atom stereocenters. The van der Waals surface area contributed by atoms with Crippen LogP contribution in [0.4, 0.5) is 0 Å². The summed E-state index contributed by atoms with van der Waals surface area (Å²) in [6, 6.07) is -0.633. The van der Waals surface area contributed by atoms with Crippen molar-refractivity contribution >= 4 is 22.6 Å². The minimum absolute atomic E-state index is 0.372. The highest BCUT2D eigenvalue weighted by atomic mass is 127. The molecule has 4 heteroatoms. The minimum Gasteiger partial charge on any atom is -0.264 e. The van der Waals surface area contributed by atoms with Gasteiger partial charge in [-0.1, -0.05) is 22.6 Å². The molecule has 0 saturated heterocycles. The first-order chi connectivity index (χ1) is 4.43. The van der Waals surface area contributed by atoms with Crippen LogP contribution in [0.5, 0.6) is 0 Å². The van der Waals surface area contributed by atoms with Crippen LogP contribution < -0.4 is 0 Å². The molecule has 1 aliphatic carbocycles. The van der Waals surface area contributed by atoms with Gasteiger partial charge in [0.05, 0.1) is 0 Å². The fourth-order valence-electron chi connectivity index (χ4n) is 0.532. The Bertz CT molecular complexity index is 169. The summed E-state index contributed by atoms with van der Waals surface area (Å²) in [6.45, 7) is 0. The quantitative estimate of drug-likeness (QED) is 0.308. The lowest BCUT2D eigenvalue weighted by Gasteiger charge is -1.83. The van der Waals surface area contributed by atoms with Crippen LogP contribution in [0.2, 0.25) is 0 Å². The van der Waals surface area contributed by atoms with Gasteiger partial charge >= 0.3 is 0 Å². The lowest BCUT2D eigenvalue weighted by Crippen LogP contribution is -2.03. The third-order valence-electron chi connectivity index (χ3n) is 1.17. The van der Waals surface area contributed by atoms with Gasteiger partial charge in [0.25, 0.3) is 0 Å². The van der Waals surface area contributed by atoms with E-state index in [0.717, 1.165) is 0 Å². The maximum absolute atomic E-state index is 10.1. The number of nitro groups is 1. The van der Waals surface area contributed by atoms with E-state index < -0.39 is 15.3 Å². The highest BCUT2D eigenvalue weighted by Crippen LogP contribution is 2.34. The summed E-state index contributed by atoms with van der Waals surface area (Å²) in [6.07, 6.45) is 0.392. The molecule has 0 aromatic rings. The normalized spacial score (nSPS) is 40.1. The maximum Gasteiger partial charge on any atom is 0.217 e. The van der Waals surface area contributed by atoms with Gasteiger partial charge in [-0.15, -0.1) is 0 Å². The summed E-state index contributed by atoms with van der Waals surface area (Å²) in [5.74, 6) is -0.372. The Morgan fingerprint density at radius 2 is 2.75 bits per heavy atom. The highest BCUT2D eigenvalue weighted by Gasteiger charge is 2.46. The Morgan fingerprint density at radius 3 is 2.88 bits per heavy atom. The van der Waals surface area contributed by atoms with E-state index in [1.54, 1.807) is 22.6 Å². The second-order valence-electron chi connectivity index (χ2n) is 1.80. The average molecular weight is 229 g/mol. The summed E-state index contributed by atoms with van der Waals surface area (Å²) in [7, 11) is 0. The van der Waals surface area contributed by atoms with Crippen molar-refractivity contribution in [3.63, 3.8) is 0 Å². The fraction of sp³-hybridized carbons (Fsp3) is 1.00. The number of nitrogens with zero attached hydrogens (tertiary/aromatic N) is 1. The Kier molecular flexibility index (Phi) is 1.09. The van der Waals surface area contributed by atoms with Gasteiger partial charge < -0.3 is 0 Å². The zero-order chi connectivity index (χ0) is 7.94.